The zero-order chi connectivity index (χ0) is 20.3. The van der Waals surface area contributed by atoms with Crippen LogP contribution in [0.2, 0.25) is 0 Å². The lowest BCUT2D eigenvalue weighted by atomic mass is 10.1. The number of nitrogens with one attached hydrogen (secondary N) is 1. The summed E-state index contributed by atoms with van der Waals surface area (Å²) in [4.78, 5) is 14.7. The highest BCUT2D eigenvalue weighted by molar-refractivity contribution is 7.89. The van der Waals surface area contributed by atoms with Gasteiger partial charge < -0.3 is 9.64 Å². The lowest BCUT2D eigenvalue weighted by Gasteiger charge is -2.22. The molecule has 2 heterocycles. The summed E-state index contributed by atoms with van der Waals surface area (Å²) in [6, 6.07) is 7.42. The predicted molar refractivity (Wildman–Crippen MR) is 105 cm³/mol. The molecule has 8 nitrogen and oxygen atoms in total. The predicted octanol–water partition coefficient (Wildman–Crippen LogP) is 1.50. The maximum absolute atomic E-state index is 13.0. The number of amides is 1. The minimum absolute atomic E-state index is 0.0110. The minimum Gasteiger partial charge on any atom is -0.497 e. The molecule has 0 bridgehead atoms. The third-order valence-electron chi connectivity index (χ3n) is 4.96. The monoisotopic (exact) mass is 406 g/mol. The molecule has 0 saturated carbocycles. The smallest absolute Gasteiger partial charge is 0.246 e. The van der Waals surface area contributed by atoms with Crippen molar-refractivity contribution in [1.29, 1.82) is 0 Å². The van der Waals surface area contributed by atoms with Crippen LogP contribution in [0.5, 0.6) is 5.75 Å². The Bertz CT molecular complexity index is 935. The van der Waals surface area contributed by atoms with Crippen LogP contribution in [0.3, 0.4) is 0 Å². The summed E-state index contributed by atoms with van der Waals surface area (Å²) in [7, 11) is -2.04. The van der Waals surface area contributed by atoms with Crippen LogP contribution in [-0.4, -0.2) is 67.0 Å². The second-order valence-electron chi connectivity index (χ2n) is 6.93. The fourth-order valence-electron chi connectivity index (χ4n) is 3.50. The molecule has 1 saturated heterocycles. The summed E-state index contributed by atoms with van der Waals surface area (Å²) < 4.78 is 32.7. The summed E-state index contributed by atoms with van der Waals surface area (Å²) >= 11 is 0. The van der Waals surface area contributed by atoms with E-state index in [1.54, 1.807) is 25.9 Å². The van der Waals surface area contributed by atoms with E-state index in [0.717, 1.165) is 5.56 Å². The van der Waals surface area contributed by atoms with E-state index in [9.17, 15) is 13.2 Å². The van der Waals surface area contributed by atoms with E-state index in [1.807, 2.05) is 24.3 Å². The lowest BCUT2D eigenvalue weighted by Crippen LogP contribution is -2.38. The van der Waals surface area contributed by atoms with Crippen LogP contribution in [-0.2, 0) is 21.2 Å². The molecule has 1 aromatic heterocycles. The molecule has 1 amide bonds. The lowest BCUT2D eigenvalue weighted by molar-refractivity contribution is -0.130. The van der Waals surface area contributed by atoms with Gasteiger partial charge in [-0.2, -0.15) is 9.40 Å². The van der Waals surface area contributed by atoms with Crippen molar-refractivity contribution in [3.63, 3.8) is 0 Å². The molecule has 1 aliphatic rings. The van der Waals surface area contributed by atoms with E-state index < -0.39 is 10.0 Å². The number of carbonyl (C=O) groups excluding carboxylic acids is 1. The van der Waals surface area contributed by atoms with E-state index in [0.29, 0.717) is 43.2 Å². The highest BCUT2D eigenvalue weighted by Crippen LogP contribution is 2.23. The Morgan fingerprint density at radius 3 is 2.68 bits per heavy atom. The number of hydrogen-bond donors (Lipinski definition) is 1. The first-order valence-corrected chi connectivity index (χ1v) is 10.7. The maximum Gasteiger partial charge on any atom is 0.246 e. The Hall–Kier alpha value is -2.39. The number of ether oxygens (including phenoxy) is 1. The van der Waals surface area contributed by atoms with E-state index in [2.05, 4.69) is 10.2 Å². The van der Waals surface area contributed by atoms with Crippen molar-refractivity contribution in [2.75, 3.05) is 33.3 Å². The highest BCUT2D eigenvalue weighted by Gasteiger charge is 2.31. The van der Waals surface area contributed by atoms with Gasteiger partial charge in [0.2, 0.25) is 15.9 Å². The van der Waals surface area contributed by atoms with Gasteiger partial charge in [0.25, 0.3) is 0 Å². The maximum atomic E-state index is 13.0. The topological polar surface area (TPSA) is 95.6 Å². The zero-order valence-corrected chi connectivity index (χ0v) is 17.3. The number of nitrogens with zero attached hydrogens (tertiary/aromatic N) is 3. The van der Waals surface area contributed by atoms with Crippen LogP contribution in [0.4, 0.5) is 0 Å². The van der Waals surface area contributed by atoms with Gasteiger partial charge in [-0.3, -0.25) is 9.89 Å². The van der Waals surface area contributed by atoms with Crippen LogP contribution in [0.1, 0.15) is 23.4 Å². The van der Waals surface area contributed by atoms with E-state index in [1.165, 1.54) is 4.31 Å². The average Bonchev–Trinajstić information content (AvgIpc) is 2.87. The summed E-state index contributed by atoms with van der Waals surface area (Å²) in [6.07, 6.45) is 0.864. The SMILES string of the molecule is COc1cccc(CC(=O)N2CCCN(S(=O)(=O)c3c(C)n[nH]c3C)CC2)c1. The second kappa shape index (κ2) is 8.32. The molecule has 2 aromatic rings. The molecule has 0 radical (unpaired) electrons. The number of sulfonamides is 1. The summed E-state index contributed by atoms with van der Waals surface area (Å²) in [5.74, 6) is 0.701. The van der Waals surface area contributed by atoms with Crippen LogP contribution in [0.15, 0.2) is 29.2 Å². The molecule has 0 unspecified atom stereocenters. The first kappa shape index (κ1) is 20.3. The van der Waals surface area contributed by atoms with Crippen molar-refractivity contribution in [1.82, 2.24) is 19.4 Å². The molecule has 1 N–H and O–H groups in total. The minimum atomic E-state index is -3.64. The molecular formula is C19H26N4O4S. The van der Waals surface area contributed by atoms with Gasteiger partial charge in [0.05, 0.1) is 24.9 Å². The number of rotatable bonds is 5. The Kier molecular flexibility index (Phi) is 6.04. The summed E-state index contributed by atoms with van der Waals surface area (Å²) in [5, 5.41) is 6.73. The largest absolute Gasteiger partial charge is 0.497 e. The highest BCUT2D eigenvalue weighted by atomic mass is 32.2. The molecule has 0 spiro atoms. The van der Waals surface area contributed by atoms with Gasteiger partial charge in [-0.05, 0) is 38.0 Å². The number of hydrogen-bond acceptors (Lipinski definition) is 5. The third-order valence-corrected chi connectivity index (χ3v) is 7.12. The van der Waals surface area contributed by atoms with Crippen molar-refractivity contribution in [2.45, 2.75) is 31.6 Å². The fourth-order valence-corrected chi connectivity index (χ4v) is 5.30. The molecule has 0 aliphatic carbocycles. The van der Waals surface area contributed by atoms with E-state index in [-0.39, 0.29) is 23.8 Å². The number of H-pyrrole nitrogens is 1. The molecule has 152 valence electrons. The first-order chi connectivity index (χ1) is 13.3. The van der Waals surface area contributed by atoms with Crippen LogP contribution >= 0.6 is 0 Å². The van der Waals surface area contributed by atoms with Crippen molar-refractivity contribution >= 4 is 15.9 Å². The standard InChI is InChI=1S/C19H26N4O4S/c1-14-19(15(2)21-20-14)28(25,26)23-9-5-8-22(10-11-23)18(24)13-16-6-4-7-17(12-16)27-3/h4,6-7,12H,5,8-11,13H2,1-3H3,(H,20,21). The van der Waals surface area contributed by atoms with Crippen molar-refractivity contribution < 1.29 is 17.9 Å². The molecule has 1 aliphatic heterocycles. The second-order valence-corrected chi connectivity index (χ2v) is 8.80. The number of carbonyl (C=O) groups is 1. The van der Waals surface area contributed by atoms with Crippen LogP contribution in [0, 0.1) is 13.8 Å². The molecule has 3 rings (SSSR count). The van der Waals surface area contributed by atoms with Gasteiger partial charge in [-0.15, -0.1) is 0 Å². The van der Waals surface area contributed by atoms with Crippen LogP contribution < -0.4 is 4.74 Å². The van der Waals surface area contributed by atoms with Crippen molar-refractivity contribution in [3.8, 4) is 5.75 Å². The number of aromatic amines is 1. The molecule has 1 fully saturated rings. The number of aryl methyl sites for hydroxylation is 2. The quantitative estimate of drug-likeness (QED) is 0.812. The Balaban J connectivity index is 1.68. The molecule has 1 aromatic carbocycles. The number of methoxy groups -OCH3 is 1. The fraction of sp³-hybridized carbons (Fsp3) is 0.474. The first-order valence-electron chi connectivity index (χ1n) is 9.25. The molecular weight excluding hydrogens is 380 g/mol. The zero-order valence-electron chi connectivity index (χ0n) is 16.4. The van der Waals surface area contributed by atoms with Gasteiger partial charge in [-0.25, -0.2) is 8.42 Å². The van der Waals surface area contributed by atoms with Gasteiger partial charge in [0.15, 0.2) is 0 Å². The Morgan fingerprint density at radius 2 is 2.00 bits per heavy atom. The van der Waals surface area contributed by atoms with Crippen molar-refractivity contribution in [3.05, 3.63) is 41.2 Å². The number of aromatic nitrogens is 2. The van der Waals surface area contributed by atoms with E-state index >= 15 is 0 Å². The third kappa shape index (κ3) is 4.20. The van der Waals surface area contributed by atoms with Gasteiger partial charge in [0.1, 0.15) is 10.6 Å². The van der Waals surface area contributed by atoms with E-state index in [4.69, 9.17) is 4.74 Å². The van der Waals surface area contributed by atoms with Gasteiger partial charge in [0, 0.05) is 26.2 Å². The average molecular weight is 407 g/mol. The normalized spacial score (nSPS) is 16.0. The summed E-state index contributed by atoms with van der Waals surface area (Å²) in [5.41, 5.74) is 1.88. The van der Waals surface area contributed by atoms with Gasteiger partial charge >= 0.3 is 0 Å². The number of benzene rings is 1. The Labute approximate surface area is 165 Å². The molecule has 0 atom stereocenters. The van der Waals surface area contributed by atoms with Gasteiger partial charge in [-0.1, -0.05) is 12.1 Å². The van der Waals surface area contributed by atoms with Crippen LogP contribution in [0.25, 0.3) is 0 Å². The van der Waals surface area contributed by atoms with Crippen molar-refractivity contribution in [2.24, 2.45) is 0 Å². The Morgan fingerprint density at radius 1 is 1.21 bits per heavy atom. The summed E-state index contributed by atoms with van der Waals surface area (Å²) in [6.45, 7) is 4.95. The molecule has 9 heteroatoms. The molecule has 28 heavy (non-hydrogen) atoms.